The number of para-hydroxylation sites is 1. The van der Waals surface area contributed by atoms with Crippen LogP contribution in [0.15, 0.2) is 29.4 Å². The Morgan fingerprint density at radius 3 is 2.84 bits per heavy atom. The normalized spacial score (nSPS) is 27.8. The number of fused-ring (bicyclic) bond motifs is 1. The quantitative estimate of drug-likeness (QED) is 0.622. The van der Waals surface area contributed by atoms with Gasteiger partial charge in [-0.15, -0.1) is 0 Å². The highest BCUT2D eigenvalue weighted by molar-refractivity contribution is 6.09. The molecule has 2 aliphatic rings. The summed E-state index contributed by atoms with van der Waals surface area (Å²) in [5, 5.41) is 12.5. The van der Waals surface area contributed by atoms with Crippen LogP contribution in [0.1, 0.15) is 31.7 Å². The lowest BCUT2D eigenvalue weighted by atomic mass is 10.1. The fourth-order valence-corrected chi connectivity index (χ4v) is 2.81. The standard InChI is InChI=1S/C15H18N2O2/c1-10-9-12(10)15(18)17-8-4-6-13(16-19)11-5-2-3-7-14(11)17/h2-3,5,7,10,12,19H,4,6,8-9H2,1H3/b16-13-. The Balaban J connectivity index is 1.99. The van der Waals surface area contributed by atoms with E-state index in [0.717, 1.165) is 24.1 Å². The molecule has 100 valence electrons. The first kappa shape index (κ1) is 12.2. The van der Waals surface area contributed by atoms with Crippen molar-refractivity contribution >= 4 is 17.3 Å². The summed E-state index contributed by atoms with van der Waals surface area (Å²) in [5.74, 6) is 0.911. The van der Waals surface area contributed by atoms with Gasteiger partial charge in [-0.3, -0.25) is 4.79 Å². The fraction of sp³-hybridized carbons (Fsp3) is 0.467. The van der Waals surface area contributed by atoms with Crippen LogP contribution in [0.4, 0.5) is 5.69 Å². The number of carbonyl (C=O) groups excluding carboxylic acids is 1. The third kappa shape index (κ3) is 2.11. The van der Waals surface area contributed by atoms with Gasteiger partial charge in [0.15, 0.2) is 0 Å². The third-order valence-corrected chi connectivity index (χ3v) is 4.11. The molecule has 1 aliphatic heterocycles. The summed E-state index contributed by atoms with van der Waals surface area (Å²) in [6.07, 6.45) is 2.54. The first-order valence-electron chi connectivity index (χ1n) is 6.84. The Morgan fingerprint density at radius 1 is 1.42 bits per heavy atom. The van der Waals surface area contributed by atoms with E-state index >= 15 is 0 Å². The molecular formula is C15H18N2O2. The van der Waals surface area contributed by atoms with Gasteiger partial charge >= 0.3 is 0 Å². The van der Waals surface area contributed by atoms with Crippen molar-refractivity contribution in [1.29, 1.82) is 0 Å². The van der Waals surface area contributed by atoms with Crippen LogP contribution in [0.5, 0.6) is 0 Å². The molecule has 0 aromatic heterocycles. The van der Waals surface area contributed by atoms with Crippen LogP contribution in [0.3, 0.4) is 0 Å². The molecule has 2 atom stereocenters. The van der Waals surface area contributed by atoms with Gasteiger partial charge < -0.3 is 10.1 Å². The zero-order valence-electron chi connectivity index (χ0n) is 11.0. The van der Waals surface area contributed by atoms with Gasteiger partial charge in [-0.1, -0.05) is 30.3 Å². The minimum Gasteiger partial charge on any atom is -0.411 e. The SMILES string of the molecule is CC1CC1C(=O)N1CCC/C(=N/O)c2ccccc21. The van der Waals surface area contributed by atoms with E-state index in [1.54, 1.807) is 0 Å². The van der Waals surface area contributed by atoms with Gasteiger partial charge in [0, 0.05) is 18.0 Å². The smallest absolute Gasteiger partial charge is 0.230 e. The number of oxime groups is 1. The van der Waals surface area contributed by atoms with Gasteiger partial charge in [0.25, 0.3) is 0 Å². The second-order valence-electron chi connectivity index (χ2n) is 5.48. The summed E-state index contributed by atoms with van der Waals surface area (Å²) >= 11 is 0. The molecular weight excluding hydrogens is 240 g/mol. The summed E-state index contributed by atoms with van der Waals surface area (Å²) in [5.41, 5.74) is 2.44. The maximum Gasteiger partial charge on any atom is 0.230 e. The van der Waals surface area contributed by atoms with Crippen LogP contribution in [-0.4, -0.2) is 23.4 Å². The number of nitrogens with zero attached hydrogens (tertiary/aromatic N) is 2. The molecule has 0 spiro atoms. The maximum absolute atomic E-state index is 12.5. The molecule has 19 heavy (non-hydrogen) atoms. The zero-order valence-corrected chi connectivity index (χ0v) is 11.0. The number of carbonyl (C=O) groups is 1. The van der Waals surface area contributed by atoms with Gasteiger partial charge in [0.1, 0.15) is 0 Å². The van der Waals surface area contributed by atoms with E-state index in [1.807, 2.05) is 29.2 Å². The van der Waals surface area contributed by atoms with Crippen molar-refractivity contribution in [2.75, 3.05) is 11.4 Å². The van der Waals surface area contributed by atoms with E-state index in [4.69, 9.17) is 5.21 Å². The second kappa shape index (κ2) is 4.68. The largest absolute Gasteiger partial charge is 0.411 e. The topological polar surface area (TPSA) is 52.9 Å². The molecule has 2 unspecified atom stereocenters. The molecule has 0 saturated heterocycles. The van der Waals surface area contributed by atoms with Crippen LogP contribution in [-0.2, 0) is 4.79 Å². The molecule has 1 aromatic carbocycles. The molecule has 3 rings (SSSR count). The summed E-state index contributed by atoms with van der Waals surface area (Å²) in [7, 11) is 0. The van der Waals surface area contributed by atoms with E-state index in [2.05, 4.69) is 12.1 Å². The first-order chi connectivity index (χ1) is 9.22. The highest BCUT2D eigenvalue weighted by Gasteiger charge is 2.42. The first-order valence-corrected chi connectivity index (χ1v) is 6.84. The number of rotatable bonds is 1. The summed E-state index contributed by atoms with van der Waals surface area (Å²) < 4.78 is 0. The van der Waals surface area contributed by atoms with E-state index in [1.165, 1.54) is 0 Å². The molecule has 1 saturated carbocycles. The Labute approximate surface area is 112 Å². The molecule has 1 heterocycles. The third-order valence-electron chi connectivity index (χ3n) is 4.11. The van der Waals surface area contributed by atoms with Crippen molar-refractivity contribution < 1.29 is 10.0 Å². The lowest BCUT2D eigenvalue weighted by Crippen LogP contribution is -2.33. The monoisotopic (exact) mass is 258 g/mol. The molecule has 1 fully saturated rings. The number of hydrogen-bond acceptors (Lipinski definition) is 3. The van der Waals surface area contributed by atoms with Crippen LogP contribution >= 0.6 is 0 Å². The minimum absolute atomic E-state index is 0.181. The van der Waals surface area contributed by atoms with Crippen LogP contribution in [0.25, 0.3) is 0 Å². The number of benzene rings is 1. The van der Waals surface area contributed by atoms with Crippen molar-refractivity contribution in [3.63, 3.8) is 0 Å². The molecule has 1 aliphatic carbocycles. The fourth-order valence-electron chi connectivity index (χ4n) is 2.81. The van der Waals surface area contributed by atoms with E-state index in [9.17, 15) is 4.79 Å². The Morgan fingerprint density at radius 2 is 2.16 bits per heavy atom. The Hall–Kier alpha value is -1.84. The van der Waals surface area contributed by atoms with Gasteiger partial charge in [-0.2, -0.15) is 0 Å². The molecule has 0 bridgehead atoms. The molecule has 4 nitrogen and oxygen atoms in total. The van der Waals surface area contributed by atoms with Crippen LogP contribution in [0, 0.1) is 11.8 Å². The van der Waals surface area contributed by atoms with Crippen LogP contribution in [0.2, 0.25) is 0 Å². The van der Waals surface area contributed by atoms with E-state index < -0.39 is 0 Å². The summed E-state index contributed by atoms with van der Waals surface area (Å²) in [6, 6.07) is 7.70. The molecule has 0 radical (unpaired) electrons. The van der Waals surface area contributed by atoms with Crippen molar-refractivity contribution in [2.24, 2.45) is 17.0 Å². The van der Waals surface area contributed by atoms with Crippen molar-refractivity contribution in [1.82, 2.24) is 0 Å². The average Bonchev–Trinajstić information content (AvgIpc) is 3.18. The van der Waals surface area contributed by atoms with Gasteiger partial charge in [0.2, 0.25) is 5.91 Å². The molecule has 4 heteroatoms. The Kier molecular flexibility index (Phi) is 3.01. The minimum atomic E-state index is 0.181. The maximum atomic E-state index is 12.5. The predicted octanol–water partition coefficient (Wildman–Crippen LogP) is 2.65. The highest BCUT2D eigenvalue weighted by Crippen LogP contribution is 2.41. The van der Waals surface area contributed by atoms with Crippen molar-refractivity contribution in [2.45, 2.75) is 26.2 Å². The van der Waals surface area contributed by atoms with E-state index in [-0.39, 0.29) is 11.8 Å². The molecule has 1 amide bonds. The average molecular weight is 258 g/mol. The van der Waals surface area contributed by atoms with Gasteiger partial charge in [-0.25, -0.2) is 0 Å². The summed E-state index contributed by atoms with van der Waals surface area (Å²) in [6.45, 7) is 2.82. The Bertz CT molecular complexity index is 539. The summed E-state index contributed by atoms with van der Waals surface area (Å²) in [4.78, 5) is 14.4. The lowest BCUT2D eigenvalue weighted by Gasteiger charge is -2.22. The molecule has 1 aromatic rings. The molecule has 1 N–H and O–H groups in total. The second-order valence-corrected chi connectivity index (χ2v) is 5.48. The highest BCUT2D eigenvalue weighted by atomic mass is 16.4. The zero-order chi connectivity index (χ0) is 13.4. The van der Waals surface area contributed by atoms with Gasteiger partial charge in [-0.05, 0) is 31.2 Å². The van der Waals surface area contributed by atoms with Gasteiger partial charge in [0.05, 0.1) is 11.4 Å². The number of hydrogen-bond donors (Lipinski definition) is 1. The van der Waals surface area contributed by atoms with E-state index in [0.29, 0.717) is 24.6 Å². The lowest BCUT2D eigenvalue weighted by molar-refractivity contribution is -0.120. The number of amides is 1. The predicted molar refractivity (Wildman–Crippen MR) is 73.6 cm³/mol. The number of anilines is 1. The van der Waals surface area contributed by atoms with Crippen molar-refractivity contribution in [3.8, 4) is 0 Å². The van der Waals surface area contributed by atoms with Crippen LogP contribution < -0.4 is 4.90 Å². The van der Waals surface area contributed by atoms with Crippen molar-refractivity contribution in [3.05, 3.63) is 29.8 Å².